The number of hydrogen-bond donors (Lipinski definition) is 3. The van der Waals surface area contributed by atoms with E-state index in [1.807, 2.05) is 43.5 Å². The maximum atomic E-state index is 15.2. The molecule has 3 amide bonds. The van der Waals surface area contributed by atoms with Crippen LogP contribution in [0.5, 0.6) is 0 Å². The molecule has 1 aromatic carbocycles. The molecule has 2 aliphatic rings. The van der Waals surface area contributed by atoms with Crippen molar-refractivity contribution in [1.82, 2.24) is 15.5 Å². The van der Waals surface area contributed by atoms with Crippen LogP contribution < -0.4 is 10.6 Å². The number of nitrogens with zero attached hydrogens (tertiary/aromatic N) is 1. The summed E-state index contributed by atoms with van der Waals surface area (Å²) < 4.78 is 29.6. The van der Waals surface area contributed by atoms with E-state index in [9.17, 15) is 23.9 Å². The van der Waals surface area contributed by atoms with Crippen molar-refractivity contribution in [2.75, 3.05) is 6.54 Å². The zero-order chi connectivity index (χ0) is 28.7. The number of aryl methyl sites for hydroxylation is 1. The number of aliphatic hydroxyl groups excluding tert-OH is 1. The molecule has 1 aromatic heterocycles. The van der Waals surface area contributed by atoms with Gasteiger partial charge in [0.1, 0.15) is 18.2 Å². The monoisotopic (exact) mass is 561 g/mol. The van der Waals surface area contributed by atoms with E-state index in [-0.39, 0.29) is 12.8 Å². The van der Waals surface area contributed by atoms with Gasteiger partial charge in [-0.2, -0.15) is 0 Å². The van der Waals surface area contributed by atoms with Crippen LogP contribution in [0.1, 0.15) is 64.1 Å². The summed E-state index contributed by atoms with van der Waals surface area (Å²) >= 11 is 1.65. The van der Waals surface area contributed by atoms with Crippen LogP contribution in [0.25, 0.3) is 10.4 Å². The Morgan fingerprint density at radius 3 is 2.31 bits per heavy atom. The van der Waals surface area contributed by atoms with Crippen molar-refractivity contribution in [2.24, 2.45) is 5.41 Å². The highest BCUT2D eigenvalue weighted by atomic mass is 32.1. The number of benzene rings is 1. The van der Waals surface area contributed by atoms with Crippen LogP contribution in [-0.2, 0) is 14.4 Å². The van der Waals surface area contributed by atoms with Gasteiger partial charge in [-0.15, -0.1) is 11.3 Å². The fraction of sp³-hybridized carbons (Fsp3) is 0.552. The van der Waals surface area contributed by atoms with Crippen molar-refractivity contribution in [3.05, 3.63) is 46.8 Å². The molecule has 7 nitrogen and oxygen atoms in total. The van der Waals surface area contributed by atoms with Gasteiger partial charge in [0.05, 0.1) is 12.6 Å². The third-order valence-electron chi connectivity index (χ3n) is 7.59. The molecule has 1 aliphatic carbocycles. The number of likely N-dealkylation sites (tertiary alicyclic amines) is 1. The van der Waals surface area contributed by atoms with Crippen LogP contribution in [0, 0.1) is 12.3 Å². The van der Waals surface area contributed by atoms with Gasteiger partial charge in [-0.25, -0.2) is 8.78 Å². The van der Waals surface area contributed by atoms with Gasteiger partial charge < -0.3 is 20.6 Å². The molecule has 2 fully saturated rings. The molecule has 0 bridgehead atoms. The number of carbonyl (C=O) groups is 3. The first-order valence-electron chi connectivity index (χ1n) is 13.3. The smallest absolute Gasteiger partial charge is 0.258 e. The van der Waals surface area contributed by atoms with E-state index in [0.717, 1.165) is 20.9 Å². The summed E-state index contributed by atoms with van der Waals surface area (Å²) in [5.74, 6) is -2.36. The molecule has 2 aromatic rings. The van der Waals surface area contributed by atoms with Crippen LogP contribution in [0.4, 0.5) is 8.78 Å². The Kier molecular flexibility index (Phi) is 8.19. The van der Waals surface area contributed by atoms with Crippen LogP contribution in [0.2, 0.25) is 0 Å². The first-order valence-corrected chi connectivity index (χ1v) is 14.2. The Bertz CT molecular complexity index is 1220. The summed E-state index contributed by atoms with van der Waals surface area (Å²) in [5, 5.41) is 17.7. The summed E-state index contributed by atoms with van der Waals surface area (Å²) in [6.45, 7) is 8.59. The fourth-order valence-corrected chi connectivity index (χ4v) is 5.87. The van der Waals surface area contributed by atoms with Gasteiger partial charge in [-0.3, -0.25) is 14.4 Å². The van der Waals surface area contributed by atoms with Crippen LogP contribution in [-0.4, -0.2) is 64.3 Å². The molecule has 0 unspecified atom stereocenters. The molecular weight excluding hydrogens is 524 g/mol. The van der Waals surface area contributed by atoms with Gasteiger partial charge >= 0.3 is 0 Å². The average molecular weight is 562 g/mol. The zero-order valence-corrected chi connectivity index (χ0v) is 23.8. The van der Waals surface area contributed by atoms with Crippen molar-refractivity contribution < 1.29 is 28.3 Å². The molecule has 4 rings (SSSR count). The second kappa shape index (κ2) is 11.0. The maximum absolute atomic E-state index is 15.2. The minimum atomic E-state index is -2.01. The van der Waals surface area contributed by atoms with Gasteiger partial charge in [0.25, 0.3) is 5.91 Å². The largest absolute Gasteiger partial charge is 0.388 e. The van der Waals surface area contributed by atoms with Crippen molar-refractivity contribution in [1.29, 1.82) is 0 Å². The second-order valence-electron chi connectivity index (χ2n) is 11.7. The normalized spacial score (nSPS) is 23.7. The highest BCUT2D eigenvalue weighted by Crippen LogP contribution is 2.40. The minimum absolute atomic E-state index is 0.0796. The fourth-order valence-electron chi connectivity index (χ4n) is 4.94. The molecule has 5 atom stereocenters. The Hall–Kier alpha value is -2.85. The second-order valence-corrected chi connectivity index (χ2v) is 12.6. The molecule has 2 heterocycles. The lowest BCUT2D eigenvalue weighted by molar-refractivity contribution is -0.145. The minimum Gasteiger partial charge on any atom is -0.388 e. The van der Waals surface area contributed by atoms with E-state index in [2.05, 4.69) is 16.7 Å². The Balaban J connectivity index is 1.52. The summed E-state index contributed by atoms with van der Waals surface area (Å²) in [6.07, 6.45) is -2.90. The Morgan fingerprint density at radius 2 is 1.79 bits per heavy atom. The highest BCUT2D eigenvalue weighted by molar-refractivity contribution is 7.13. The van der Waals surface area contributed by atoms with Gasteiger partial charge in [0, 0.05) is 4.88 Å². The lowest BCUT2D eigenvalue weighted by Gasteiger charge is -2.36. The molecule has 39 heavy (non-hydrogen) atoms. The lowest BCUT2D eigenvalue weighted by Crippen LogP contribution is -2.59. The van der Waals surface area contributed by atoms with Crippen LogP contribution in [0.15, 0.2) is 35.7 Å². The number of rotatable bonds is 8. The molecule has 0 spiro atoms. The summed E-state index contributed by atoms with van der Waals surface area (Å²) in [4.78, 5) is 41.6. The zero-order valence-electron chi connectivity index (χ0n) is 23.0. The third-order valence-corrected chi connectivity index (χ3v) is 8.65. The van der Waals surface area contributed by atoms with E-state index < -0.39 is 65.8 Å². The topological polar surface area (TPSA) is 98.7 Å². The standard InChI is InChI=1S/C29H37F2N3O4S/c1-6-19(17-7-9-18(10-8-17)23-16(2)11-14-39-23)32-25(36)22-21(30)20(35)15-34(22)26(37)24(28(3,4)5)33-27(38)29(31)12-13-29/h7-11,14,19-22,24,35H,6,12-13,15H2,1-5H3,(H,32,36)(H,33,38)/t19-,20-,21-,22-,24+/m0/s1. The first kappa shape index (κ1) is 29.1. The number of carbonyl (C=O) groups excluding carboxylic acids is 3. The SMILES string of the molecule is CC[C@H](NC(=O)[C@@H]1[C@@H](F)[C@@H](O)CN1C(=O)[C@@H](NC(=O)C1(F)CC1)C(C)(C)C)c1ccc(-c2sccc2C)cc1. The Morgan fingerprint density at radius 1 is 1.15 bits per heavy atom. The number of hydrogen-bond acceptors (Lipinski definition) is 5. The summed E-state index contributed by atoms with van der Waals surface area (Å²) in [5.41, 5.74) is 0.207. The number of amides is 3. The Labute approximate surface area is 232 Å². The molecule has 1 aliphatic heterocycles. The number of alkyl halides is 2. The van der Waals surface area contributed by atoms with Crippen molar-refractivity contribution in [2.45, 2.75) is 90.0 Å². The molecule has 212 valence electrons. The van der Waals surface area contributed by atoms with Gasteiger partial charge in [0.2, 0.25) is 11.8 Å². The number of nitrogens with one attached hydrogen (secondary N) is 2. The number of halogens is 2. The molecule has 3 N–H and O–H groups in total. The molecular formula is C29H37F2N3O4S. The van der Waals surface area contributed by atoms with E-state index in [1.165, 1.54) is 5.56 Å². The van der Waals surface area contributed by atoms with E-state index in [1.54, 1.807) is 32.1 Å². The first-order chi connectivity index (χ1) is 18.3. The van der Waals surface area contributed by atoms with E-state index in [0.29, 0.717) is 6.42 Å². The maximum Gasteiger partial charge on any atom is 0.258 e. The van der Waals surface area contributed by atoms with E-state index >= 15 is 4.39 Å². The van der Waals surface area contributed by atoms with Crippen molar-refractivity contribution >= 4 is 29.1 Å². The van der Waals surface area contributed by atoms with Crippen molar-refractivity contribution in [3.63, 3.8) is 0 Å². The summed E-state index contributed by atoms with van der Waals surface area (Å²) in [6, 6.07) is 6.59. The molecule has 1 saturated carbocycles. The molecule has 0 radical (unpaired) electrons. The van der Waals surface area contributed by atoms with Gasteiger partial charge in [-0.05, 0) is 59.7 Å². The number of β-amino-alcohol motifs (C(OH)–C–C–N with tert-alkyl or cyclic N) is 1. The quantitative estimate of drug-likeness (QED) is 0.449. The highest BCUT2D eigenvalue weighted by Gasteiger charge is 2.54. The van der Waals surface area contributed by atoms with Crippen molar-refractivity contribution in [3.8, 4) is 10.4 Å². The van der Waals surface area contributed by atoms with Gasteiger partial charge in [-0.1, -0.05) is 52.0 Å². The average Bonchev–Trinajstić information content (AvgIpc) is 3.38. The predicted molar refractivity (Wildman–Crippen MR) is 147 cm³/mol. The lowest BCUT2D eigenvalue weighted by atomic mass is 9.85. The molecule has 10 heteroatoms. The number of aliphatic hydroxyl groups is 1. The van der Waals surface area contributed by atoms with Crippen LogP contribution in [0.3, 0.4) is 0 Å². The van der Waals surface area contributed by atoms with Gasteiger partial charge in [0.15, 0.2) is 11.8 Å². The number of thiophene rings is 1. The third kappa shape index (κ3) is 6.01. The van der Waals surface area contributed by atoms with Crippen LogP contribution >= 0.6 is 11.3 Å². The summed E-state index contributed by atoms with van der Waals surface area (Å²) in [7, 11) is 0. The molecule has 1 saturated heterocycles. The van der Waals surface area contributed by atoms with E-state index in [4.69, 9.17) is 0 Å². The predicted octanol–water partition coefficient (Wildman–Crippen LogP) is 4.23.